The first kappa shape index (κ1) is 20.5. The largest absolute Gasteiger partial charge is 0.378 e. The molecule has 0 aromatic heterocycles. The predicted octanol–water partition coefficient (Wildman–Crippen LogP) is 0.641. The highest BCUT2D eigenvalue weighted by atomic mass is 31.0. The molecule has 1 N–H and O–H groups in total. The van der Waals surface area contributed by atoms with Crippen LogP contribution in [0.1, 0.15) is 20.8 Å². The van der Waals surface area contributed by atoms with Gasteiger partial charge >= 0.3 is 0 Å². The minimum atomic E-state index is 0.00161. The fourth-order valence-corrected chi connectivity index (χ4v) is 1.54. The lowest BCUT2D eigenvalue weighted by atomic mass is 10.2. The van der Waals surface area contributed by atoms with Crippen LogP contribution in [0.15, 0.2) is 0 Å². The van der Waals surface area contributed by atoms with E-state index in [4.69, 9.17) is 14.2 Å². The second-order valence-electron chi connectivity index (χ2n) is 5.10. The van der Waals surface area contributed by atoms with Gasteiger partial charge in [0.15, 0.2) is 5.78 Å². The summed E-state index contributed by atoms with van der Waals surface area (Å²) in [4.78, 5) is 22.0. The molecule has 1 amide bonds. The third kappa shape index (κ3) is 14.2. The maximum atomic E-state index is 11.4. The van der Waals surface area contributed by atoms with E-state index < -0.39 is 0 Å². The number of hydrogen-bond acceptors (Lipinski definition) is 5. The van der Waals surface area contributed by atoms with Crippen LogP contribution in [0.3, 0.4) is 0 Å². The highest BCUT2D eigenvalue weighted by molar-refractivity contribution is 7.17. The molecule has 0 aromatic carbocycles. The zero-order chi connectivity index (χ0) is 16.1. The minimum Gasteiger partial charge on any atom is -0.378 e. The van der Waals surface area contributed by atoms with Crippen molar-refractivity contribution in [1.29, 1.82) is 0 Å². The highest BCUT2D eigenvalue weighted by Crippen LogP contribution is 2.00. The van der Waals surface area contributed by atoms with Crippen LogP contribution in [-0.2, 0) is 23.8 Å². The zero-order valence-corrected chi connectivity index (χ0v) is 14.4. The lowest BCUT2D eigenvalue weighted by molar-refractivity contribution is -0.124. The first-order valence-electron chi connectivity index (χ1n) is 7.19. The predicted molar refractivity (Wildman–Crippen MR) is 84.5 cm³/mol. The van der Waals surface area contributed by atoms with Gasteiger partial charge in [-0.1, -0.05) is 13.8 Å². The van der Waals surface area contributed by atoms with E-state index in [-0.39, 0.29) is 29.9 Å². The molecule has 0 aromatic rings. The molecule has 0 aliphatic carbocycles. The molecule has 0 saturated carbocycles. The Labute approximate surface area is 129 Å². The monoisotopic (exact) mass is 321 g/mol. The molecular formula is C14H28NO5P. The number of hydrogen-bond donors (Lipinski definition) is 1. The summed E-state index contributed by atoms with van der Waals surface area (Å²) in [6.07, 6.45) is 0. The van der Waals surface area contributed by atoms with Gasteiger partial charge in [-0.2, -0.15) is 0 Å². The Balaban J connectivity index is 3.30. The zero-order valence-electron chi connectivity index (χ0n) is 13.2. The normalized spacial score (nSPS) is 12.4. The van der Waals surface area contributed by atoms with E-state index >= 15 is 0 Å². The fraction of sp³-hybridized carbons (Fsp3) is 0.857. The lowest BCUT2D eigenvalue weighted by Crippen LogP contribution is -2.34. The van der Waals surface area contributed by atoms with Crippen molar-refractivity contribution >= 4 is 20.9 Å². The van der Waals surface area contributed by atoms with E-state index in [0.717, 1.165) is 0 Å². The average Bonchev–Trinajstić information content (AvgIpc) is 2.42. The van der Waals surface area contributed by atoms with Crippen molar-refractivity contribution < 1.29 is 23.8 Å². The molecule has 124 valence electrons. The fourth-order valence-electron chi connectivity index (χ4n) is 1.28. The summed E-state index contributed by atoms with van der Waals surface area (Å²) in [6.45, 7) is 8.32. The molecule has 0 aliphatic rings. The van der Waals surface area contributed by atoms with E-state index in [0.29, 0.717) is 39.6 Å². The van der Waals surface area contributed by atoms with Gasteiger partial charge in [0.25, 0.3) is 0 Å². The van der Waals surface area contributed by atoms with Gasteiger partial charge in [0, 0.05) is 18.1 Å². The van der Waals surface area contributed by atoms with Crippen LogP contribution in [-0.4, -0.2) is 63.5 Å². The quantitative estimate of drug-likeness (QED) is 0.398. The molecule has 0 aliphatic heterocycles. The Morgan fingerprint density at radius 3 is 2.19 bits per heavy atom. The van der Waals surface area contributed by atoms with Crippen molar-refractivity contribution in [1.82, 2.24) is 5.32 Å². The second-order valence-corrected chi connectivity index (χ2v) is 6.04. The number of ether oxygens (including phenoxy) is 3. The summed E-state index contributed by atoms with van der Waals surface area (Å²) >= 11 is 0. The van der Waals surface area contributed by atoms with Crippen molar-refractivity contribution in [2.24, 2.45) is 5.92 Å². The van der Waals surface area contributed by atoms with Gasteiger partial charge in [-0.15, -0.1) is 9.24 Å². The first-order chi connectivity index (χ1) is 9.93. The third-order valence-corrected chi connectivity index (χ3v) is 2.87. The van der Waals surface area contributed by atoms with Crippen LogP contribution in [0, 0.1) is 5.92 Å². The summed E-state index contributed by atoms with van der Waals surface area (Å²) < 4.78 is 15.8. The van der Waals surface area contributed by atoms with Crippen LogP contribution in [0.25, 0.3) is 0 Å². The molecule has 2 unspecified atom stereocenters. The number of carbonyl (C=O) groups is 2. The van der Waals surface area contributed by atoms with Gasteiger partial charge < -0.3 is 19.5 Å². The molecule has 0 heterocycles. The molecule has 7 heteroatoms. The molecule has 0 rings (SSSR count). The summed E-state index contributed by atoms with van der Waals surface area (Å²) in [7, 11) is 2.65. The van der Waals surface area contributed by atoms with Crippen LogP contribution in [0.5, 0.6) is 0 Å². The molecule has 6 nitrogen and oxygen atoms in total. The Morgan fingerprint density at radius 2 is 1.62 bits per heavy atom. The molecule has 0 saturated heterocycles. The van der Waals surface area contributed by atoms with Gasteiger partial charge in [0.05, 0.1) is 33.0 Å². The number of Topliss-reactive ketones (excluding diaryl/α,β-unsaturated/α-hetero) is 1. The van der Waals surface area contributed by atoms with Crippen molar-refractivity contribution in [2.45, 2.75) is 26.4 Å². The smallest absolute Gasteiger partial charge is 0.222 e. The van der Waals surface area contributed by atoms with Gasteiger partial charge in [0.1, 0.15) is 6.61 Å². The Kier molecular flexibility index (Phi) is 12.8. The Bertz CT molecular complexity index is 299. The van der Waals surface area contributed by atoms with Crippen molar-refractivity contribution in [3.8, 4) is 0 Å². The van der Waals surface area contributed by atoms with Crippen LogP contribution >= 0.6 is 9.24 Å². The maximum absolute atomic E-state index is 11.4. The van der Waals surface area contributed by atoms with E-state index in [1.54, 1.807) is 0 Å². The molecular weight excluding hydrogens is 293 g/mol. The van der Waals surface area contributed by atoms with E-state index in [2.05, 4.69) is 14.6 Å². The lowest BCUT2D eigenvalue weighted by Gasteiger charge is -2.14. The molecule has 0 bridgehead atoms. The van der Waals surface area contributed by atoms with Crippen molar-refractivity contribution in [3.05, 3.63) is 0 Å². The number of rotatable bonds is 13. The van der Waals surface area contributed by atoms with E-state index in [1.807, 2.05) is 13.8 Å². The Morgan fingerprint density at radius 1 is 1.05 bits per heavy atom. The average molecular weight is 321 g/mol. The van der Waals surface area contributed by atoms with E-state index in [9.17, 15) is 9.59 Å². The third-order valence-electron chi connectivity index (χ3n) is 2.44. The number of nitrogens with one attached hydrogen (secondary N) is 1. The minimum absolute atomic E-state index is 0.00161. The van der Waals surface area contributed by atoms with Crippen molar-refractivity contribution in [2.75, 3.05) is 46.2 Å². The number of amides is 1. The van der Waals surface area contributed by atoms with Crippen LogP contribution < -0.4 is 5.32 Å². The van der Waals surface area contributed by atoms with Gasteiger partial charge in [-0.25, -0.2) is 0 Å². The molecule has 2 atom stereocenters. The first-order valence-corrected chi connectivity index (χ1v) is 7.86. The summed E-state index contributed by atoms with van der Waals surface area (Å²) in [6, 6.07) is 0. The number of carbonyl (C=O) groups excluding carboxylic acids is 2. The molecule has 0 spiro atoms. The summed E-state index contributed by atoms with van der Waals surface area (Å²) in [5.41, 5.74) is 0.187. The van der Waals surface area contributed by atoms with E-state index in [1.165, 1.54) is 6.92 Å². The molecule has 0 fully saturated rings. The van der Waals surface area contributed by atoms with Gasteiger partial charge in [-0.05, 0) is 6.92 Å². The van der Waals surface area contributed by atoms with Gasteiger partial charge in [-0.3, -0.25) is 9.59 Å². The highest BCUT2D eigenvalue weighted by Gasteiger charge is 2.08. The van der Waals surface area contributed by atoms with Crippen molar-refractivity contribution in [3.63, 3.8) is 0 Å². The number of ketones is 1. The molecule has 0 radical (unpaired) electrons. The summed E-state index contributed by atoms with van der Waals surface area (Å²) in [5, 5.41) is 2.85. The van der Waals surface area contributed by atoms with Crippen LogP contribution in [0.4, 0.5) is 0 Å². The van der Waals surface area contributed by atoms with Crippen LogP contribution in [0.2, 0.25) is 0 Å². The second kappa shape index (κ2) is 13.1. The van der Waals surface area contributed by atoms with Gasteiger partial charge in [0.2, 0.25) is 5.91 Å². The molecule has 21 heavy (non-hydrogen) atoms. The summed E-state index contributed by atoms with van der Waals surface area (Å²) in [5.74, 6) is 0.0625. The Hall–Kier alpha value is -0.550. The standard InChI is InChI=1S/C14H28NO5P/c1-11(2)14(17)15-8-13(21)10-20-7-5-18-4-6-19-9-12(3)16/h11,13H,4-10,21H2,1-3H3,(H,15,17). The maximum Gasteiger partial charge on any atom is 0.222 e. The SMILES string of the molecule is CC(=O)COCCOCCOCC(P)CNC(=O)C(C)C. The topological polar surface area (TPSA) is 73.9 Å².